The van der Waals surface area contributed by atoms with E-state index in [0.717, 1.165) is 36.3 Å². The molecule has 3 fully saturated rings. The van der Waals surface area contributed by atoms with Crippen molar-refractivity contribution >= 4 is 40.3 Å². The molecule has 1 saturated heterocycles. The number of methoxy groups -OCH3 is 2. The number of carbonyl (C=O) groups is 1. The molecule has 2 bridgehead atoms. The standard InChI is InChI=1S/C26H30N2O4S2/c1-30-19-10-18(11-20(13-19)31-2)22-12-17(4-3-7-27)23(32-22)14-24-25(29)28(26(33)34-24)21-9-15-5-6-16(21)8-15/h10-16,21H,3-9,27H2,1-2H3/b24-14+. The van der Waals surface area contributed by atoms with E-state index in [1.807, 2.05) is 35.2 Å². The molecular formula is C26H30N2O4S2. The number of carbonyl (C=O) groups excluding carboxylic acids is 1. The van der Waals surface area contributed by atoms with E-state index in [9.17, 15) is 4.79 Å². The molecule has 3 unspecified atom stereocenters. The van der Waals surface area contributed by atoms with Gasteiger partial charge in [-0.05, 0) is 74.2 Å². The molecule has 8 heteroatoms. The van der Waals surface area contributed by atoms with Crippen molar-refractivity contribution in [1.82, 2.24) is 4.90 Å². The quantitative estimate of drug-likeness (QED) is 0.394. The normalized spacial score (nSPS) is 25.1. The van der Waals surface area contributed by atoms with E-state index in [2.05, 4.69) is 0 Å². The topological polar surface area (TPSA) is 77.9 Å². The van der Waals surface area contributed by atoms with Gasteiger partial charge in [0.2, 0.25) is 0 Å². The number of ether oxygens (including phenoxy) is 2. The summed E-state index contributed by atoms with van der Waals surface area (Å²) in [6, 6.07) is 7.92. The molecule has 1 amide bonds. The van der Waals surface area contributed by atoms with Gasteiger partial charge in [0.05, 0.1) is 19.1 Å². The molecule has 0 spiro atoms. The lowest BCUT2D eigenvalue weighted by atomic mass is 9.94. The molecule has 1 aromatic carbocycles. The molecule has 2 aromatic rings. The fraction of sp³-hybridized carbons (Fsp3) is 0.462. The van der Waals surface area contributed by atoms with Crippen LogP contribution in [0.5, 0.6) is 11.5 Å². The zero-order chi connectivity index (χ0) is 23.8. The number of amides is 1. The number of hydrogen-bond acceptors (Lipinski definition) is 7. The van der Waals surface area contributed by atoms with Crippen molar-refractivity contribution in [2.45, 2.75) is 44.6 Å². The van der Waals surface area contributed by atoms with Crippen molar-refractivity contribution in [2.75, 3.05) is 20.8 Å². The average molecular weight is 499 g/mol. The van der Waals surface area contributed by atoms with Gasteiger partial charge in [0.15, 0.2) is 0 Å². The molecule has 6 nitrogen and oxygen atoms in total. The molecule has 2 heterocycles. The second kappa shape index (κ2) is 9.76. The summed E-state index contributed by atoms with van der Waals surface area (Å²) in [6.45, 7) is 0.583. The fourth-order valence-corrected chi connectivity index (χ4v) is 6.90. The zero-order valence-electron chi connectivity index (χ0n) is 19.5. The lowest BCUT2D eigenvalue weighted by Gasteiger charge is -2.30. The number of aryl methyl sites for hydroxylation is 1. The highest BCUT2D eigenvalue weighted by Gasteiger charge is 2.48. The van der Waals surface area contributed by atoms with Gasteiger partial charge in [0.1, 0.15) is 27.3 Å². The lowest BCUT2D eigenvalue weighted by molar-refractivity contribution is -0.124. The summed E-state index contributed by atoms with van der Waals surface area (Å²) in [5, 5.41) is 0. The highest BCUT2D eigenvalue weighted by molar-refractivity contribution is 8.26. The minimum Gasteiger partial charge on any atom is -0.497 e. The first kappa shape index (κ1) is 23.5. The fourth-order valence-electron chi connectivity index (χ4n) is 5.56. The molecule has 34 heavy (non-hydrogen) atoms. The molecule has 0 radical (unpaired) electrons. The Morgan fingerprint density at radius 3 is 2.56 bits per heavy atom. The molecule has 2 aliphatic carbocycles. The van der Waals surface area contributed by atoms with Crippen LogP contribution in [0.25, 0.3) is 17.4 Å². The Labute approximate surface area is 209 Å². The molecule has 1 aliphatic heterocycles. The van der Waals surface area contributed by atoms with Crippen LogP contribution in [0.15, 0.2) is 33.6 Å². The van der Waals surface area contributed by atoms with Crippen LogP contribution in [0.3, 0.4) is 0 Å². The highest BCUT2D eigenvalue weighted by atomic mass is 32.2. The third kappa shape index (κ3) is 4.39. The first-order chi connectivity index (χ1) is 16.5. The van der Waals surface area contributed by atoms with Crippen LogP contribution in [0.2, 0.25) is 0 Å². The second-order valence-electron chi connectivity index (χ2n) is 9.29. The summed E-state index contributed by atoms with van der Waals surface area (Å²) in [6.07, 6.45) is 8.26. The average Bonchev–Trinajstić information content (AvgIpc) is 3.62. The maximum absolute atomic E-state index is 13.4. The molecule has 2 N–H and O–H groups in total. The zero-order valence-corrected chi connectivity index (χ0v) is 21.2. The summed E-state index contributed by atoms with van der Waals surface area (Å²) in [7, 11) is 3.24. The second-order valence-corrected chi connectivity index (χ2v) is 11.0. The number of nitrogens with zero attached hydrogens (tertiary/aromatic N) is 1. The Bertz CT molecular complexity index is 1120. The van der Waals surface area contributed by atoms with Gasteiger partial charge in [-0.25, -0.2) is 0 Å². The maximum atomic E-state index is 13.4. The van der Waals surface area contributed by atoms with Gasteiger partial charge in [-0.1, -0.05) is 30.4 Å². The van der Waals surface area contributed by atoms with E-state index < -0.39 is 0 Å². The summed E-state index contributed by atoms with van der Waals surface area (Å²) >= 11 is 7.04. The number of thiocarbonyl (C=S) groups is 1. The number of benzene rings is 1. The third-order valence-electron chi connectivity index (χ3n) is 7.25. The SMILES string of the molecule is COc1cc(OC)cc(-c2cc(CCCN)c(/C=C3/SC(=S)N(C4CC5CCC4C5)C3=O)o2)c1. The van der Waals surface area contributed by atoms with Crippen LogP contribution in [-0.4, -0.2) is 41.9 Å². The summed E-state index contributed by atoms with van der Waals surface area (Å²) in [5.74, 6) is 4.09. The molecule has 3 aliphatic rings. The first-order valence-corrected chi connectivity index (χ1v) is 13.1. The monoisotopic (exact) mass is 498 g/mol. The Balaban J connectivity index is 1.47. The van der Waals surface area contributed by atoms with Gasteiger partial charge in [-0.15, -0.1) is 0 Å². The molecule has 1 aromatic heterocycles. The largest absolute Gasteiger partial charge is 0.497 e. The molecule has 3 atom stereocenters. The molecule has 2 saturated carbocycles. The number of nitrogens with two attached hydrogens (primary N) is 1. The van der Waals surface area contributed by atoms with Crippen molar-refractivity contribution < 1.29 is 18.7 Å². The summed E-state index contributed by atoms with van der Waals surface area (Å²) in [4.78, 5) is 15.9. The van der Waals surface area contributed by atoms with Crippen LogP contribution in [0, 0.1) is 11.8 Å². The Hall–Kier alpha value is -2.29. The number of furan rings is 1. The number of rotatable bonds is 8. The number of fused-ring (bicyclic) bond motifs is 2. The summed E-state index contributed by atoms with van der Waals surface area (Å²) < 4.78 is 17.8. The lowest BCUT2D eigenvalue weighted by Crippen LogP contribution is -2.41. The van der Waals surface area contributed by atoms with Crippen molar-refractivity contribution in [2.24, 2.45) is 17.6 Å². The number of thioether (sulfide) groups is 1. The van der Waals surface area contributed by atoms with Gasteiger partial charge in [0, 0.05) is 23.7 Å². The van der Waals surface area contributed by atoms with Gasteiger partial charge in [-0.2, -0.15) is 0 Å². The van der Waals surface area contributed by atoms with Crippen molar-refractivity contribution in [3.63, 3.8) is 0 Å². The first-order valence-electron chi connectivity index (χ1n) is 11.8. The van der Waals surface area contributed by atoms with Gasteiger partial charge >= 0.3 is 0 Å². The number of hydrogen-bond donors (Lipinski definition) is 1. The van der Waals surface area contributed by atoms with E-state index in [4.69, 9.17) is 31.8 Å². The van der Waals surface area contributed by atoms with Crippen LogP contribution in [0.4, 0.5) is 0 Å². The smallest absolute Gasteiger partial charge is 0.266 e. The molecule has 180 valence electrons. The van der Waals surface area contributed by atoms with E-state index >= 15 is 0 Å². The van der Waals surface area contributed by atoms with E-state index in [-0.39, 0.29) is 11.9 Å². The van der Waals surface area contributed by atoms with Gasteiger partial charge < -0.3 is 19.6 Å². The predicted molar refractivity (Wildman–Crippen MR) is 139 cm³/mol. The molecular weight excluding hydrogens is 468 g/mol. The summed E-state index contributed by atoms with van der Waals surface area (Å²) in [5.41, 5.74) is 7.65. The van der Waals surface area contributed by atoms with Crippen molar-refractivity contribution in [3.8, 4) is 22.8 Å². The Morgan fingerprint density at radius 2 is 1.94 bits per heavy atom. The van der Waals surface area contributed by atoms with Crippen molar-refractivity contribution in [3.05, 3.63) is 40.5 Å². The third-order valence-corrected chi connectivity index (χ3v) is 8.58. The highest BCUT2D eigenvalue weighted by Crippen LogP contribution is 2.49. The van der Waals surface area contributed by atoms with Gasteiger partial charge in [0.25, 0.3) is 5.91 Å². The van der Waals surface area contributed by atoms with Crippen LogP contribution >= 0.6 is 24.0 Å². The van der Waals surface area contributed by atoms with Crippen LogP contribution < -0.4 is 15.2 Å². The molecule has 5 rings (SSSR count). The van der Waals surface area contributed by atoms with Crippen LogP contribution in [0.1, 0.15) is 43.4 Å². The van der Waals surface area contributed by atoms with Gasteiger partial charge in [-0.3, -0.25) is 9.69 Å². The van der Waals surface area contributed by atoms with E-state index in [1.54, 1.807) is 14.2 Å². The predicted octanol–water partition coefficient (Wildman–Crippen LogP) is 5.24. The van der Waals surface area contributed by atoms with Crippen molar-refractivity contribution in [1.29, 1.82) is 0 Å². The minimum absolute atomic E-state index is 0.0123. The minimum atomic E-state index is 0.0123. The Kier molecular flexibility index (Phi) is 6.73. The Morgan fingerprint density at radius 1 is 1.18 bits per heavy atom. The van der Waals surface area contributed by atoms with Crippen LogP contribution in [-0.2, 0) is 11.2 Å². The van der Waals surface area contributed by atoms with E-state index in [0.29, 0.717) is 44.7 Å². The van der Waals surface area contributed by atoms with E-state index in [1.165, 1.54) is 31.0 Å². The maximum Gasteiger partial charge on any atom is 0.266 e.